The summed E-state index contributed by atoms with van der Waals surface area (Å²) in [4.78, 5) is 48.1. The molecule has 4 aromatic rings. The number of esters is 3. The van der Waals surface area contributed by atoms with Crippen molar-refractivity contribution < 1.29 is 46.2 Å². The van der Waals surface area contributed by atoms with Crippen LogP contribution in [0.2, 0.25) is 0 Å². The van der Waals surface area contributed by atoms with Gasteiger partial charge in [0.1, 0.15) is 11.6 Å². The highest BCUT2D eigenvalue weighted by atomic mass is 19.4. The van der Waals surface area contributed by atoms with E-state index in [0.717, 1.165) is 17.6 Å². The quantitative estimate of drug-likeness (QED) is 0.184. The Morgan fingerprint density at radius 3 is 2.50 bits per heavy atom. The number of anilines is 1. The summed E-state index contributed by atoms with van der Waals surface area (Å²) in [6.45, 7) is 2.17. The Kier molecular flexibility index (Phi) is 9.47. The molecule has 0 saturated heterocycles. The maximum absolute atomic E-state index is 12.6. The molecule has 0 fully saturated rings. The number of rotatable bonds is 11. The molecule has 42 heavy (non-hydrogen) atoms. The number of furan rings is 1. The highest BCUT2D eigenvalue weighted by molar-refractivity contribution is 5.89. The topological polar surface area (TPSA) is 143 Å². The Bertz CT molecular complexity index is 1530. The molecule has 0 aliphatic carbocycles. The van der Waals surface area contributed by atoms with Gasteiger partial charge in [0.05, 0.1) is 25.0 Å². The Hall–Kier alpha value is -5.27. The zero-order chi connectivity index (χ0) is 30.1. The summed E-state index contributed by atoms with van der Waals surface area (Å²) < 4.78 is 57.7. The highest BCUT2D eigenvalue weighted by Gasteiger charge is 2.42. The molecule has 0 aliphatic rings. The summed E-state index contributed by atoms with van der Waals surface area (Å²) in [6.07, 6.45) is -2.00. The van der Waals surface area contributed by atoms with Gasteiger partial charge >= 0.3 is 30.1 Å². The van der Waals surface area contributed by atoms with Crippen LogP contribution in [0.25, 0.3) is 0 Å². The number of nitrogens with zero attached hydrogens (tertiary/aromatic N) is 3. The van der Waals surface area contributed by atoms with Gasteiger partial charge in [0, 0.05) is 30.4 Å². The van der Waals surface area contributed by atoms with Gasteiger partial charge in [-0.25, -0.2) is 19.6 Å². The number of hydrogen-bond donors (Lipinski definition) is 1. The second kappa shape index (κ2) is 13.4. The summed E-state index contributed by atoms with van der Waals surface area (Å²) in [7, 11) is 0. The fourth-order valence-electron chi connectivity index (χ4n) is 3.64. The lowest BCUT2D eigenvalue weighted by Gasteiger charge is -2.15. The van der Waals surface area contributed by atoms with Crippen molar-refractivity contribution in [1.29, 1.82) is 0 Å². The third-order valence-corrected chi connectivity index (χ3v) is 5.59. The normalized spacial score (nSPS) is 11.8. The van der Waals surface area contributed by atoms with E-state index >= 15 is 0 Å². The lowest BCUT2D eigenvalue weighted by Crippen LogP contribution is -2.28. The van der Waals surface area contributed by atoms with Crippen LogP contribution in [0.3, 0.4) is 0 Å². The number of carbonyl (C=O) groups excluding carboxylic acids is 3. The number of nitrogens with one attached hydrogen (secondary N) is 1. The maximum Gasteiger partial charge on any atom is 0.491 e. The number of benzene rings is 1. The van der Waals surface area contributed by atoms with E-state index in [4.69, 9.17) is 13.9 Å². The van der Waals surface area contributed by atoms with Crippen LogP contribution in [0.1, 0.15) is 46.6 Å². The van der Waals surface area contributed by atoms with Crippen molar-refractivity contribution in [2.24, 2.45) is 0 Å². The number of alkyl halides is 3. The largest absolute Gasteiger partial charge is 0.491 e. The molecule has 0 aliphatic heterocycles. The average Bonchev–Trinajstić information content (AvgIpc) is 3.46. The molecule has 1 atom stereocenters. The fraction of sp³-hybridized carbons (Fsp3) is 0.214. The van der Waals surface area contributed by atoms with Gasteiger partial charge < -0.3 is 23.9 Å². The van der Waals surface area contributed by atoms with Crippen molar-refractivity contribution in [2.45, 2.75) is 32.0 Å². The second-order valence-corrected chi connectivity index (χ2v) is 8.56. The van der Waals surface area contributed by atoms with E-state index in [0.29, 0.717) is 12.3 Å². The van der Waals surface area contributed by atoms with Gasteiger partial charge in [-0.2, -0.15) is 18.2 Å². The molecule has 218 valence electrons. The van der Waals surface area contributed by atoms with Crippen molar-refractivity contribution in [3.63, 3.8) is 0 Å². The summed E-state index contributed by atoms with van der Waals surface area (Å²) in [5.74, 6) is -5.13. The summed E-state index contributed by atoms with van der Waals surface area (Å²) >= 11 is 0. The third kappa shape index (κ3) is 8.13. The smallest absolute Gasteiger partial charge is 0.460 e. The Morgan fingerprint density at radius 1 is 1.02 bits per heavy atom. The van der Waals surface area contributed by atoms with Crippen molar-refractivity contribution in [3.8, 4) is 11.8 Å². The van der Waals surface area contributed by atoms with Gasteiger partial charge in [-0.3, -0.25) is 4.79 Å². The molecule has 3 heterocycles. The summed E-state index contributed by atoms with van der Waals surface area (Å²) in [5.41, 5.74) is 1.24. The van der Waals surface area contributed by atoms with Crippen molar-refractivity contribution >= 4 is 23.7 Å². The molecule has 3 aromatic heterocycles. The van der Waals surface area contributed by atoms with Gasteiger partial charge in [0.15, 0.2) is 0 Å². The van der Waals surface area contributed by atoms with Crippen molar-refractivity contribution in [1.82, 2.24) is 15.0 Å². The molecule has 14 heteroatoms. The van der Waals surface area contributed by atoms with Crippen LogP contribution in [0.15, 0.2) is 77.7 Å². The van der Waals surface area contributed by atoms with E-state index in [1.807, 2.05) is 30.3 Å². The SMILES string of the molecule is CCOC(=O)c1cc(C(CC(=O)OC(=O)C(F)(F)F)c2ccnc(Oc3ccc(CNc4ccccn4)cc3)n2)co1. The summed E-state index contributed by atoms with van der Waals surface area (Å²) in [6, 6.07) is 15.0. The molecular weight excluding hydrogens is 561 g/mol. The molecule has 1 N–H and O–H groups in total. The van der Waals surface area contributed by atoms with Crippen LogP contribution >= 0.6 is 0 Å². The van der Waals surface area contributed by atoms with Crippen LogP contribution in [-0.4, -0.2) is 45.6 Å². The summed E-state index contributed by atoms with van der Waals surface area (Å²) in [5, 5.41) is 3.18. The van der Waals surface area contributed by atoms with Crippen molar-refractivity contribution in [3.05, 3.63) is 95.8 Å². The standard InChI is InChI=1S/C28H23F3N4O7/c1-2-39-25(37)22-13-18(16-40-22)20(14-24(36)42-26(38)28(29,30)31)21-10-12-33-27(35-21)41-19-8-6-17(7-9-19)15-34-23-5-3-4-11-32-23/h3-13,16,20H,2,14-15H2,1H3,(H,32,34). The number of carbonyl (C=O) groups is 3. The van der Waals surface area contributed by atoms with Crippen LogP contribution in [-0.2, 0) is 25.6 Å². The van der Waals surface area contributed by atoms with E-state index in [2.05, 4.69) is 25.0 Å². The van der Waals surface area contributed by atoms with Crippen LogP contribution in [0, 0.1) is 0 Å². The van der Waals surface area contributed by atoms with E-state index in [1.165, 1.54) is 18.3 Å². The van der Waals surface area contributed by atoms with E-state index < -0.39 is 36.4 Å². The number of halogens is 3. The van der Waals surface area contributed by atoms with Gasteiger partial charge in [0.2, 0.25) is 5.76 Å². The number of hydrogen-bond acceptors (Lipinski definition) is 11. The zero-order valence-electron chi connectivity index (χ0n) is 22.0. The number of pyridine rings is 1. The monoisotopic (exact) mass is 584 g/mol. The maximum atomic E-state index is 12.6. The third-order valence-electron chi connectivity index (χ3n) is 5.59. The zero-order valence-corrected chi connectivity index (χ0v) is 22.0. The average molecular weight is 585 g/mol. The predicted molar refractivity (Wildman–Crippen MR) is 138 cm³/mol. The van der Waals surface area contributed by atoms with Gasteiger partial charge in [-0.05, 0) is 48.9 Å². The lowest BCUT2D eigenvalue weighted by molar-refractivity contribution is -0.201. The molecule has 0 amide bonds. The minimum Gasteiger partial charge on any atom is -0.460 e. The minimum absolute atomic E-state index is 0.0680. The Balaban J connectivity index is 1.51. The molecule has 11 nitrogen and oxygen atoms in total. The predicted octanol–water partition coefficient (Wildman–Crippen LogP) is 5.20. The van der Waals surface area contributed by atoms with Crippen molar-refractivity contribution in [2.75, 3.05) is 11.9 Å². The molecule has 0 radical (unpaired) electrons. The van der Waals surface area contributed by atoms with E-state index in [-0.39, 0.29) is 29.6 Å². The van der Waals surface area contributed by atoms with Gasteiger partial charge in [-0.1, -0.05) is 18.2 Å². The first-order valence-electron chi connectivity index (χ1n) is 12.4. The minimum atomic E-state index is -5.36. The van der Waals surface area contributed by atoms with Gasteiger partial charge in [0.25, 0.3) is 0 Å². The molecule has 0 spiro atoms. The molecule has 4 rings (SSSR count). The Labute approximate surface area is 236 Å². The molecule has 0 bridgehead atoms. The molecular formula is C28H23F3N4O7. The second-order valence-electron chi connectivity index (χ2n) is 8.56. The first-order chi connectivity index (χ1) is 20.1. The number of aromatic nitrogens is 3. The van der Waals surface area contributed by atoms with E-state index in [9.17, 15) is 27.6 Å². The van der Waals surface area contributed by atoms with Crippen LogP contribution in [0.4, 0.5) is 19.0 Å². The fourth-order valence-corrected chi connectivity index (χ4v) is 3.64. The molecule has 1 aromatic carbocycles. The highest BCUT2D eigenvalue weighted by Crippen LogP contribution is 2.31. The first-order valence-corrected chi connectivity index (χ1v) is 12.4. The molecule has 0 saturated carbocycles. The molecule has 1 unspecified atom stereocenters. The van der Waals surface area contributed by atoms with E-state index in [1.54, 1.807) is 25.3 Å². The van der Waals surface area contributed by atoms with Crippen LogP contribution in [0.5, 0.6) is 11.8 Å². The Morgan fingerprint density at radius 2 is 1.81 bits per heavy atom. The first kappa shape index (κ1) is 29.7. The van der Waals surface area contributed by atoms with Crippen LogP contribution < -0.4 is 10.1 Å². The van der Waals surface area contributed by atoms with Gasteiger partial charge in [-0.15, -0.1) is 0 Å². The lowest BCUT2D eigenvalue weighted by atomic mass is 9.94. The number of ether oxygens (including phenoxy) is 3.